The van der Waals surface area contributed by atoms with E-state index >= 15 is 0 Å². The largest absolute Gasteiger partial charge is 0.508 e. The highest BCUT2D eigenvalue weighted by Gasteiger charge is 1.90. The normalized spacial score (nSPS) is 8.62. The molecule has 0 amide bonds. The minimum Gasteiger partial charge on any atom is -0.508 e. The van der Waals surface area contributed by atoms with Gasteiger partial charge in [0, 0.05) is 6.42 Å². The van der Waals surface area contributed by atoms with E-state index in [0.29, 0.717) is 17.9 Å². The van der Waals surface area contributed by atoms with Crippen molar-refractivity contribution in [1.29, 1.82) is 0 Å². The smallest absolute Gasteiger partial charge is 0.303 e. The van der Waals surface area contributed by atoms with Crippen molar-refractivity contribution in [1.82, 2.24) is 0 Å². The first kappa shape index (κ1) is 18.5. The van der Waals surface area contributed by atoms with Crippen LogP contribution >= 0.6 is 0 Å². The molecule has 21 heavy (non-hydrogen) atoms. The maximum absolute atomic E-state index is 9.76. The van der Waals surface area contributed by atoms with Gasteiger partial charge in [-0.1, -0.05) is 49.7 Å². The van der Waals surface area contributed by atoms with Gasteiger partial charge in [0.15, 0.2) is 0 Å². The average molecular weight is 290 g/mol. The molecule has 0 atom stereocenters. The highest BCUT2D eigenvalue weighted by molar-refractivity contribution is 5.66. The van der Waals surface area contributed by atoms with Crippen molar-refractivity contribution in [3.8, 4) is 11.5 Å². The molecule has 0 unspecified atom stereocenters. The molecular weight excluding hydrogens is 268 g/mol. The summed E-state index contributed by atoms with van der Waals surface area (Å²) < 4.78 is 0. The van der Waals surface area contributed by atoms with E-state index in [0.717, 1.165) is 12.8 Å². The Morgan fingerprint density at radius 3 is 1.38 bits per heavy atom. The average Bonchev–Trinajstić information content (AvgIpc) is 2.48. The lowest BCUT2D eigenvalue weighted by Crippen LogP contribution is -1.91. The molecule has 0 heterocycles. The van der Waals surface area contributed by atoms with Crippen LogP contribution < -0.4 is 0 Å². The summed E-state index contributed by atoms with van der Waals surface area (Å²) in [7, 11) is 0. The fourth-order valence-corrected chi connectivity index (χ4v) is 1.18. The van der Waals surface area contributed by atoms with E-state index in [-0.39, 0.29) is 0 Å². The Hall–Kier alpha value is -2.49. The Bertz CT molecular complexity index is 431. The Labute approximate surface area is 125 Å². The quantitative estimate of drug-likeness (QED) is 0.797. The minimum atomic E-state index is -0.693. The van der Waals surface area contributed by atoms with Gasteiger partial charge in [-0.3, -0.25) is 4.79 Å². The molecule has 0 bridgehead atoms. The second-order valence-corrected chi connectivity index (χ2v) is 4.17. The standard InChI is InChI=1S/2C6H6O.C5H10O2/c2*7-6-4-2-1-3-5-6;1-2-3-4-5(6)7/h2*1-5,7H;2-4H2,1H3,(H,6,7). The zero-order chi connectivity index (χ0) is 15.9. The summed E-state index contributed by atoms with van der Waals surface area (Å²) in [5, 5.41) is 25.3. The molecule has 0 saturated heterocycles. The van der Waals surface area contributed by atoms with E-state index in [1.165, 1.54) is 0 Å². The number of carbonyl (C=O) groups is 1. The number of phenolic OH excluding ortho intramolecular Hbond substituents is 2. The highest BCUT2D eigenvalue weighted by atomic mass is 16.4. The van der Waals surface area contributed by atoms with E-state index in [4.69, 9.17) is 15.3 Å². The summed E-state index contributed by atoms with van der Waals surface area (Å²) in [6.45, 7) is 1.98. The van der Waals surface area contributed by atoms with Crippen LogP contribution in [0.1, 0.15) is 26.2 Å². The first-order chi connectivity index (χ1) is 10.1. The molecule has 0 radical (unpaired) electrons. The molecule has 2 rings (SSSR count). The Morgan fingerprint density at radius 2 is 1.24 bits per heavy atom. The van der Waals surface area contributed by atoms with Gasteiger partial charge < -0.3 is 15.3 Å². The van der Waals surface area contributed by atoms with Crippen LogP contribution in [0.15, 0.2) is 60.7 Å². The summed E-state index contributed by atoms with van der Waals surface area (Å²) in [5.74, 6) is -0.0492. The number of unbranched alkanes of at least 4 members (excludes halogenated alkanes) is 1. The number of carboxylic acids is 1. The van der Waals surface area contributed by atoms with Crippen LogP contribution in [0.5, 0.6) is 11.5 Å². The second-order valence-electron chi connectivity index (χ2n) is 4.17. The molecule has 3 N–H and O–H groups in total. The number of benzene rings is 2. The van der Waals surface area contributed by atoms with Gasteiger partial charge in [0.2, 0.25) is 0 Å². The predicted octanol–water partition coefficient (Wildman–Crippen LogP) is 4.05. The lowest BCUT2D eigenvalue weighted by molar-refractivity contribution is -0.137. The van der Waals surface area contributed by atoms with Gasteiger partial charge in [-0.25, -0.2) is 0 Å². The topological polar surface area (TPSA) is 77.8 Å². The van der Waals surface area contributed by atoms with Crippen LogP contribution in [0, 0.1) is 0 Å². The number of carboxylic acid groups (broad SMARTS) is 1. The van der Waals surface area contributed by atoms with Crippen molar-refractivity contribution in [2.75, 3.05) is 0 Å². The van der Waals surface area contributed by atoms with Crippen molar-refractivity contribution in [3.63, 3.8) is 0 Å². The molecule has 4 nitrogen and oxygen atoms in total. The van der Waals surface area contributed by atoms with E-state index in [1.807, 2.05) is 19.1 Å². The molecule has 0 aliphatic heterocycles. The molecule has 0 fully saturated rings. The second kappa shape index (κ2) is 12.5. The SMILES string of the molecule is CCCCC(=O)O.Oc1ccccc1.Oc1ccccc1. The molecule has 0 spiro atoms. The van der Waals surface area contributed by atoms with Gasteiger partial charge in [0.05, 0.1) is 0 Å². The summed E-state index contributed by atoms with van der Waals surface area (Å²) in [6.07, 6.45) is 2.08. The Balaban J connectivity index is 0.000000286. The number of para-hydroxylation sites is 2. The number of aliphatic carboxylic acids is 1. The van der Waals surface area contributed by atoms with Crippen molar-refractivity contribution in [3.05, 3.63) is 60.7 Å². The van der Waals surface area contributed by atoms with Crippen LogP contribution in [0.25, 0.3) is 0 Å². The third kappa shape index (κ3) is 13.7. The number of rotatable bonds is 3. The van der Waals surface area contributed by atoms with Crippen molar-refractivity contribution >= 4 is 5.97 Å². The first-order valence-corrected chi connectivity index (χ1v) is 6.76. The van der Waals surface area contributed by atoms with Crippen molar-refractivity contribution < 1.29 is 20.1 Å². The van der Waals surface area contributed by atoms with Gasteiger partial charge >= 0.3 is 5.97 Å². The predicted molar refractivity (Wildman–Crippen MR) is 83.4 cm³/mol. The monoisotopic (exact) mass is 290 g/mol. The van der Waals surface area contributed by atoms with Crippen LogP contribution in [-0.4, -0.2) is 21.3 Å². The molecular formula is C17H22O4. The molecule has 4 heteroatoms. The maximum Gasteiger partial charge on any atom is 0.303 e. The van der Waals surface area contributed by atoms with Crippen LogP contribution in [0.3, 0.4) is 0 Å². The molecule has 0 aliphatic carbocycles. The van der Waals surface area contributed by atoms with Gasteiger partial charge in [0.1, 0.15) is 11.5 Å². The first-order valence-electron chi connectivity index (χ1n) is 6.76. The fraction of sp³-hybridized carbons (Fsp3) is 0.235. The van der Waals surface area contributed by atoms with Crippen molar-refractivity contribution in [2.24, 2.45) is 0 Å². The molecule has 0 aliphatic rings. The van der Waals surface area contributed by atoms with Gasteiger partial charge in [-0.2, -0.15) is 0 Å². The summed E-state index contributed by atoms with van der Waals surface area (Å²) in [6, 6.07) is 17.4. The van der Waals surface area contributed by atoms with E-state index in [2.05, 4.69) is 0 Å². The number of phenols is 2. The third-order valence-electron chi connectivity index (χ3n) is 2.26. The lowest BCUT2D eigenvalue weighted by atomic mass is 10.3. The Morgan fingerprint density at radius 1 is 0.857 bits per heavy atom. The zero-order valence-corrected chi connectivity index (χ0v) is 12.1. The van der Waals surface area contributed by atoms with Crippen LogP contribution in [-0.2, 0) is 4.79 Å². The maximum atomic E-state index is 9.76. The summed E-state index contributed by atoms with van der Waals surface area (Å²) in [4.78, 5) is 9.76. The van der Waals surface area contributed by atoms with Crippen LogP contribution in [0.2, 0.25) is 0 Å². The number of hydrogen-bond donors (Lipinski definition) is 3. The highest BCUT2D eigenvalue weighted by Crippen LogP contribution is 2.03. The lowest BCUT2D eigenvalue weighted by Gasteiger charge is -1.85. The molecule has 0 saturated carbocycles. The molecule has 0 aromatic heterocycles. The molecule has 2 aromatic carbocycles. The van der Waals surface area contributed by atoms with E-state index in [1.54, 1.807) is 48.5 Å². The number of aromatic hydroxyl groups is 2. The zero-order valence-electron chi connectivity index (χ0n) is 12.1. The molecule has 2 aromatic rings. The van der Waals surface area contributed by atoms with Gasteiger partial charge in [-0.15, -0.1) is 0 Å². The summed E-state index contributed by atoms with van der Waals surface area (Å²) >= 11 is 0. The Kier molecular flexibility index (Phi) is 11.1. The van der Waals surface area contributed by atoms with E-state index < -0.39 is 5.97 Å². The van der Waals surface area contributed by atoms with Crippen molar-refractivity contribution in [2.45, 2.75) is 26.2 Å². The minimum absolute atomic E-state index is 0.316. The van der Waals surface area contributed by atoms with Gasteiger partial charge in [-0.05, 0) is 30.7 Å². The van der Waals surface area contributed by atoms with Crippen LogP contribution in [0.4, 0.5) is 0 Å². The van der Waals surface area contributed by atoms with E-state index in [9.17, 15) is 4.79 Å². The molecule has 114 valence electrons. The number of hydrogen-bond acceptors (Lipinski definition) is 3. The fourth-order valence-electron chi connectivity index (χ4n) is 1.18. The van der Waals surface area contributed by atoms with Gasteiger partial charge in [0.25, 0.3) is 0 Å². The summed E-state index contributed by atoms with van der Waals surface area (Å²) in [5.41, 5.74) is 0. The third-order valence-corrected chi connectivity index (χ3v) is 2.26.